The van der Waals surface area contributed by atoms with Crippen LogP contribution in [0.5, 0.6) is 0 Å². The molecule has 1 aliphatic rings. The molecule has 0 saturated heterocycles. The molecule has 1 heteroatoms. The molecule has 0 aromatic heterocycles. The van der Waals surface area contributed by atoms with Crippen molar-refractivity contribution in [3.8, 4) is 0 Å². The monoisotopic (exact) mass is 128 g/mol. The van der Waals surface area contributed by atoms with E-state index in [9.17, 15) is 0 Å². The summed E-state index contributed by atoms with van der Waals surface area (Å²) >= 11 is 1.93. The Morgan fingerprint density at radius 1 is 1.62 bits per heavy atom. The largest absolute Gasteiger partial charge is 0.134 e. The fraction of sp³-hybridized carbons (Fsp3) is 0.714. The molecule has 46 valence electrons. The molecule has 0 amide bonds. The summed E-state index contributed by atoms with van der Waals surface area (Å²) in [6.45, 7) is 2.19. The molecule has 0 aromatic carbocycles. The van der Waals surface area contributed by atoms with Crippen molar-refractivity contribution in [1.29, 1.82) is 0 Å². The Balaban J connectivity index is 2.11. The number of hydrogen-bond acceptors (Lipinski definition) is 1. The van der Waals surface area contributed by atoms with Crippen LogP contribution in [0, 0.1) is 0 Å². The average molecular weight is 128 g/mol. The highest BCUT2D eigenvalue weighted by molar-refractivity contribution is 8.02. The van der Waals surface area contributed by atoms with Gasteiger partial charge in [0.1, 0.15) is 0 Å². The number of allylic oxidation sites excluding steroid dienone is 1. The van der Waals surface area contributed by atoms with Gasteiger partial charge in [-0.3, -0.25) is 0 Å². The van der Waals surface area contributed by atoms with E-state index in [1.807, 2.05) is 11.8 Å². The van der Waals surface area contributed by atoms with Gasteiger partial charge in [-0.05, 0) is 30.4 Å². The van der Waals surface area contributed by atoms with Crippen LogP contribution < -0.4 is 0 Å². The van der Waals surface area contributed by atoms with Crippen LogP contribution in [0.2, 0.25) is 0 Å². The van der Waals surface area contributed by atoms with Crippen LogP contribution in [-0.4, -0.2) is 5.75 Å². The van der Waals surface area contributed by atoms with Gasteiger partial charge in [0.25, 0.3) is 0 Å². The van der Waals surface area contributed by atoms with Crippen molar-refractivity contribution in [1.82, 2.24) is 0 Å². The average Bonchev–Trinajstić information content (AvgIpc) is 1.63. The summed E-state index contributed by atoms with van der Waals surface area (Å²) in [6, 6.07) is 0. The predicted octanol–water partition coefficient (Wildman–Crippen LogP) is 2.81. The van der Waals surface area contributed by atoms with E-state index in [1.54, 1.807) is 5.57 Å². The van der Waals surface area contributed by atoms with Crippen LogP contribution in [0.3, 0.4) is 0 Å². The maximum Gasteiger partial charge on any atom is -0.00545 e. The molecule has 0 unspecified atom stereocenters. The molecule has 1 fully saturated rings. The number of thioether (sulfide) groups is 1. The molecule has 0 atom stereocenters. The van der Waals surface area contributed by atoms with Crippen molar-refractivity contribution < 1.29 is 0 Å². The quantitative estimate of drug-likeness (QED) is 0.551. The van der Waals surface area contributed by atoms with Gasteiger partial charge < -0.3 is 0 Å². The topological polar surface area (TPSA) is 0 Å². The smallest absolute Gasteiger partial charge is 0.00545 e. The van der Waals surface area contributed by atoms with Crippen LogP contribution >= 0.6 is 11.8 Å². The Bertz CT molecular complexity index is 88.6. The second kappa shape index (κ2) is 3.18. The molecule has 0 spiro atoms. The fourth-order valence-corrected chi connectivity index (χ4v) is 1.34. The summed E-state index contributed by atoms with van der Waals surface area (Å²) in [7, 11) is 0. The third-order valence-corrected chi connectivity index (χ3v) is 2.25. The highest BCUT2D eigenvalue weighted by atomic mass is 32.2. The van der Waals surface area contributed by atoms with Crippen molar-refractivity contribution in [3.05, 3.63) is 11.0 Å². The first-order valence-electron chi connectivity index (χ1n) is 3.23. The molecule has 0 bridgehead atoms. The van der Waals surface area contributed by atoms with E-state index < -0.39 is 0 Å². The lowest BCUT2D eigenvalue weighted by molar-refractivity contribution is 0.665. The molecular weight excluding hydrogens is 116 g/mol. The second-order valence-electron chi connectivity index (χ2n) is 2.08. The zero-order chi connectivity index (χ0) is 5.82. The van der Waals surface area contributed by atoms with E-state index in [0.717, 1.165) is 0 Å². The minimum absolute atomic E-state index is 1.23. The normalized spacial score (nSPS) is 17.9. The zero-order valence-corrected chi connectivity index (χ0v) is 6.13. The molecule has 0 heterocycles. The first-order valence-corrected chi connectivity index (χ1v) is 4.28. The Hall–Kier alpha value is 0.0900. The Kier molecular flexibility index (Phi) is 2.47. The maximum atomic E-state index is 2.32. The summed E-state index contributed by atoms with van der Waals surface area (Å²) in [6.07, 6.45) is 4.16. The van der Waals surface area contributed by atoms with Gasteiger partial charge in [0, 0.05) is 0 Å². The molecule has 0 nitrogen and oxygen atoms in total. The summed E-state index contributed by atoms with van der Waals surface area (Å²) in [5.74, 6) is 1.23. The lowest BCUT2D eigenvalue weighted by Gasteiger charge is -2.14. The van der Waals surface area contributed by atoms with Crippen LogP contribution in [0.15, 0.2) is 11.0 Å². The van der Waals surface area contributed by atoms with Crippen LogP contribution in [0.4, 0.5) is 0 Å². The third-order valence-electron chi connectivity index (χ3n) is 1.41. The van der Waals surface area contributed by atoms with Gasteiger partial charge in [0.05, 0.1) is 0 Å². The first-order chi connectivity index (χ1) is 3.93. The molecular formula is C7H12S. The van der Waals surface area contributed by atoms with Gasteiger partial charge in [-0.1, -0.05) is 12.5 Å². The zero-order valence-electron chi connectivity index (χ0n) is 5.31. The minimum atomic E-state index is 1.23. The van der Waals surface area contributed by atoms with Crippen molar-refractivity contribution >= 4 is 11.8 Å². The Morgan fingerprint density at radius 3 is 2.75 bits per heavy atom. The van der Waals surface area contributed by atoms with Gasteiger partial charge in [0.2, 0.25) is 0 Å². The van der Waals surface area contributed by atoms with E-state index >= 15 is 0 Å². The lowest BCUT2D eigenvalue weighted by atomic mass is 9.95. The van der Waals surface area contributed by atoms with E-state index in [0.29, 0.717) is 0 Å². The first kappa shape index (κ1) is 6.21. The summed E-state index contributed by atoms with van der Waals surface area (Å²) in [5, 5.41) is 2.32. The van der Waals surface area contributed by atoms with Gasteiger partial charge in [0.15, 0.2) is 0 Å². The maximum absolute atomic E-state index is 2.32. The SMILES string of the molecule is CCSC=C1CCC1. The Morgan fingerprint density at radius 2 is 2.38 bits per heavy atom. The van der Waals surface area contributed by atoms with E-state index in [2.05, 4.69) is 12.3 Å². The molecule has 1 aliphatic carbocycles. The van der Waals surface area contributed by atoms with Crippen molar-refractivity contribution in [3.63, 3.8) is 0 Å². The van der Waals surface area contributed by atoms with Crippen molar-refractivity contribution in [2.24, 2.45) is 0 Å². The summed E-state index contributed by atoms with van der Waals surface area (Å²) in [4.78, 5) is 0. The Labute approximate surface area is 55.4 Å². The molecule has 8 heavy (non-hydrogen) atoms. The minimum Gasteiger partial charge on any atom is -0.134 e. The van der Waals surface area contributed by atoms with E-state index in [4.69, 9.17) is 0 Å². The second-order valence-corrected chi connectivity index (χ2v) is 3.23. The number of rotatable bonds is 2. The number of hydrogen-bond donors (Lipinski definition) is 0. The molecule has 0 radical (unpaired) electrons. The van der Waals surface area contributed by atoms with Gasteiger partial charge >= 0.3 is 0 Å². The van der Waals surface area contributed by atoms with Gasteiger partial charge in [-0.25, -0.2) is 0 Å². The van der Waals surface area contributed by atoms with E-state index in [-0.39, 0.29) is 0 Å². The third kappa shape index (κ3) is 1.55. The highest BCUT2D eigenvalue weighted by Crippen LogP contribution is 2.27. The van der Waals surface area contributed by atoms with Crippen LogP contribution in [0.25, 0.3) is 0 Å². The lowest BCUT2D eigenvalue weighted by Crippen LogP contribution is -1.94. The fourth-order valence-electron chi connectivity index (χ4n) is 0.700. The van der Waals surface area contributed by atoms with Crippen LogP contribution in [-0.2, 0) is 0 Å². The predicted molar refractivity (Wildman–Crippen MR) is 40.1 cm³/mol. The van der Waals surface area contributed by atoms with Crippen molar-refractivity contribution in [2.75, 3.05) is 5.75 Å². The van der Waals surface area contributed by atoms with Crippen molar-refractivity contribution in [2.45, 2.75) is 26.2 Å². The van der Waals surface area contributed by atoms with Crippen LogP contribution in [0.1, 0.15) is 26.2 Å². The standard InChI is InChI=1S/C7H12S/c1-2-8-6-7-4-3-5-7/h6H,2-5H2,1H3. The van der Waals surface area contributed by atoms with Gasteiger partial charge in [-0.15, -0.1) is 11.8 Å². The molecule has 0 N–H and O–H groups in total. The molecule has 0 aromatic rings. The summed E-state index contributed by atoms with van der Waals surface area (Å²) in [5.41, 5.74) is 1.66. The molecule has 0 aliphatic heterocycles. The van der Waals surface area contributed by atoms with E-state index in [1.165, 1.54) is 25.0 Å². The molecule has 1 saturated carbocycles. The summed E-state index contributed by atoms with van der Waals surface area (Å²) < 4.78 is 0. The molecule has 1 rings (SSSR count). The highest BCUT2D eigenvalue weighted by Gasteiger charge is 2.06. The van der Waals surface area contributed by atoms with Gasteiger partial charge in [-0.2, -0.15) is 0 Å².